The van der Waals surface area contributed by atoms with Crippen LogP contribution < -0.4 is 9.46 Å². The maximum Gasteiger partial charge on any atom is 0.240 e. The third-order valence-corrected chi connectivity index (χ3v) is 5.51. The number of aromatic nitrogens is 4. The molecule has 1 N–H and O–H groups in total. The highest BCUT2D eigenvalue weighted by Gasteiger charge is 2.17. The normalized spacial score (nSPS) is 11.5. The quantitative estimate of drug-likeness (QED) is 0.665. The Hall–Kier alpha value is -2.78. The molecule has 0 saturated heterocycles. The van der Waals surface area contributed by atoms with Gasteiger partial charge in [0.15, 0.2) is 11.6 Å². The van der Waals surface area contributed by atoms with E-state index in [1.807, 2.05) is 18.4 Å². The molecule has 1 aromatic carbocycles. The fraction of sp³-hybridized carbons (Fsp3) is 0.278. The summed E-state index contributed by atoms with van der Waals surface area (Å²) in [7, 11) is -2.06. The second-order valence-corrected chi connectivity index (χ2v) is 7.77. The summed E-state index contributed by atoms with van der Waals surface area (Å²) in [6.07, 6.45) is 6.68. The summed E-state index contributed by atoms with van der Waals surface area (Å²) >= 11 is 0. The zero-order valence-electron chi connectivity index (χ0n) is 15.4. The fourth-order valence-electron chi connectivity index (χ4n) is 2.88. The van der Waals surface area contributed by atoms with Crippen molar-refractivity contribution >= 4 is 10.0 Å². The number of aryl methyl sites for hydroxylation is 2. The lowest BCUT2D eigenvalue weighted by Crippen LogP contribution is -2.27. The highest BCUT2D eigenvalue weighted by molar-refractivity contribution is 7.89. The van der Waals surface area contributed by atoms with Gasteiger partial charge in [0.1, 0.15) is 5.75 Å². The number of rotatable bonds is 7. The van der Waals surface area contributed by atoms with Crippen LogP contribution in [0.2, 0.25) is 0 Å². The van der Waals surface area contributed by atoms with Crippen molar-refractivity contribution in [1.29, 1.82) is 0 Å². The Balaban J connectivity index is 1.72. The van der Waals surface area contributed by atoms with E-state index in [1.165, 1.54) is 0 Å². The van der Waals surface area contributed by atoms with Crippen molar-refractivity contribution in [3.8, 4) is 17.4 Å². The summed E-state index contributed by atoms with van der Waals surface area (Å²) in [5, 5.41) is 0. The molecular weight excluding hydrogens is 366 g/mol. The molecule has 142 valence electrons. The number of ether oxygens (including phenoxy) is 1. The van der Waals surface area contributed by atoms with Gasteiger partial charge in [-0.25, -0.2) is 28.1 Å². The Morgan fingerprint density at radius 1 is 1.07 bits per heavy atom. The van der Waals surface area contributed by atoms with E-state index in [9.17, 15) is 8.42 Å². The van der Waals surface area contributed by atoms with Crippen molar-refractivity contribution in [1.82, 2.24) is 24.2 Å². The maximum absolute atomic E-state index is 12.6. The van der Waals surface area contributed by atoms with Crippen LogP contribution in [-0.2, 0) is 16.6 Å². The van der Waals surface area contributed by atoms with E-state index in [1.54, 1.807) is 50.1 Å². The summed E-state index contributed by atoms with van der Waals surface area (Å²) in [5.41, 5.74) is 1.55. The van der Waals surface area contributed by atoms with Crippen LogP contribution in [0.25, 0.3) is 11.6 Å². The Labute approximate surface area is 158 Å². The molecule has 2 aromatic heterocycles. The van der Waals surface area contributed by atoms with Gasteiger partial charge in [-0.1, -0.05) is 0 Å². The first-order chi connectivity index (χ1) is 12.9. The van der Waals surface area contributed by atoms with E-state index >= 15 is 0 Å². The molecule has 0 saturated carbocycles. The fourth-order valence-corrected chi connectivity index (χ4v) is 4.07. The Morgan fingerprint density at radius 2 is 1.74 bits per heavy atom. The molecule has 0 spiro atoms. The predicted molar refractivity (Wildman–Crippen MR) is 101 cm³/mol. The minimum Gasteiger partial charge on any atom is -0.496 e. The molecule has 0 bridgehead atoms. The molecular formula is C18H21N5O3S. The van der Waals surface area contributed by atoms with Gasteiger partial charge < -0.3 is 9.30 Å². The second kappa shape index (κ2) is 7.85. The smallest absolute Gasteiger partial charge is 0.240 e. The molecule has 0 amide bonds. The lowest BCUT2D eigenvalue weighted by molar-refractivity contribution is 0.408. The number of nitrogens with one attached hydrogen (secondary N) is 1. The summed E-state index contributed by atoms with van der Waals surface area (Å²) < 4.78 is 35.0. The van der Waals surface area contributed by atoms with E-state index in [4.69, 9.17) is 4.74 Å². The molecule has 0 atom stereocenters. The molecule has 0 aliphatic rings. The van der Waals surface area contributed by atoms with E-state index < -0.39 is 10.0 Å². The van der Waals surface area contributed by atoms with Crippen molar-refractivity contribution in [2.75, 3.05) is 13.7 Å². The van der Waals surface area contributed by atoms with Crippen molar-refractivity contribution in [3.63, 3.8) is 0 Å². The van der Waals surface area contributed by atoms with Crippen LogP contribution in [0.1, 0.15) is 11.1 Å². The molecule has 0 aliphatic carbocycles. The minimum absolute atomic E-state index is 0.211. The van der Waals surface area contributed by atoms with Gasteiger partial charge in [-0.3, -0.25) is 0 Å². The Bertz CT molecular complexity index is 1010. The molecule has 8 nitrogen and oxygen atoms in total. The molecule has 3 aromatic rings. The number of nitrogens with zero attached hydrogens (tertiary/aromatic N) is 4. The number of imidazole rings is 1. The van der Waals surface area contributed by atoms with Gasteiger partial charge in [-0.05, 0) is 43.2 Å². The van der Waals surface area contributed by atoms with Crippen LogP contribution >= 0.6 is 0 Å². The zero-order chi connectivity index (χ0) is 19.4. The lowest BCUT2D eigenvalue weighted by Gasteiger charge is -2.13. The van der Waals surface area contributed by atoms with E-state index in [0.717, 1.165) is 11.1 Å². The largest absolute Gasteiger partial charge is 0.496 e. The van der Waals surface area contributed by atoms with Crippen molar-refractivity contribution in [3.05, 3.63) is 54.1 Å². The van der Waals surface area contributed by atoms with Crippen molar-refractivity contribution < 1.29 is 13.2 Å². The lowest BCUT2D eigenvalue weighted by atomic mass is 10.1. The third-order valence-electron chi connectivity index (χ3n) is 4.07. The van der Waals surface area contributed by atoms with Crippen LogP contribution in [0.15, 0.2) is 47.9 Å². The van der Waals surface area contributed by atoms with Crippen LogP contribution in [0.3, 0.4) is 0 Å². The summed E-state index contributed by atoms with van der Waals surface area (Å²) in [6, 6.07) is 4.94. The van der Waals surface area contributed by atoms with Crippen LogP contribution in [0.4, 0.5) is 0 Å². The number of methoxy groups -OCH3 is 1. The topological polar surface area (TPSA) is 99.0 Å². The van der Waals surface area contributed by atoms with Crippen molar-refractivity contribution in [2.24, 2.45) is 0 Å². The van der Waals surface area contributed by atoms with Gasteiger partial charge >= 0.3 is 0 Å². The molecule has 9 heteroatoms. The molecule has 0 aliphatic heterocycles. The van der Waals surface area contributed by atoms with Crippen LogP contribution in [0, 0.1) is 13.8 Å². The summed E-state index contributed by atoms with van der Waals surface area (Å²) in [5.74, 6) is 1.78. The SMILES string of the molecule is COc1c(C)cc(S(=O)(=O)NCCn2ccnc2-c2ncccn2)cc1C. The Kier molecular flexibility index (Phi) is 5.52. The summed E-state index contributed by atoms with van der Waals surface area (Å²) in [4.78, 5) is 12.8. The maximum atomic E-state index is 12.6. The number of hydrogen-bond donors (Lipinski definition) is 1. The van der Waals surface area contributed by atoms with Gasteiger partial charge in [0.25, 0.3) is 0 Å². The third kappa shape index (κ3) is 4.15. The molecule has 3 rings (SSSR count). The van der Waals surface area contributed by atoms with Crippen LogP contribution in [0.5, 0.6) is 5.75 Å². The van der Waals surface area contributed by atoms with E-state index in [0.29, 0.717) is 23.9 Å². The van der Waals surface area contributed by atoms with Gasteiger partial charge in [0, 0.05) is 37.9 Å². The van der Waals surface area contributed by atoms with E-state index in [-0.39, 0.29) is 11.4 Å². The van der Waals surface area contributed by atoms with Gasteiger partial charge in [-0.2, -0.15) is 0 Å². The molecule has 0 radical (unpaired) electrons. The second-order valence-electron chi connectivity index (χ2n) is 6.00. The number of hydrogen-bond acceptors (Lipinski definition) is 6. The first-order valence-corrected chi connectivity index (χ1v) is 9.84. The minimum atomic E-state index is -3.63. The molecule has 27 heavy (non-hydrogen) atoms. The highest BCUT2D eigenvalue weighted by Crippen LogP contribution is 2.26. The first kappa shape index (κ1) is 19.0. The average Bonchev–Trinajstić information content (AvgIpc) is 3.10. The van der Waals surface area contributed by atoms with Gasteiger partial charge in [0.2, 0.25) is 10.0 Å². The monoisotopic (exact) mass is 387 g/mol. The van der Waals surface area contributed by atoms with E-state index in [2.05, 4.69) is 19.7 Å². The highest BCUT2D eigenvalue weighted by atomic mass is 32.2. The van der Waals surface area contributed by atoms with Gasteiger partial charge in [0.05, 0.1) is 12.0 Å². The Morgan fingerprint density at radius 3 is 2.37 bits per heavy atom. The number of sulfonamides is 1. The average molecular weight is 387 g/mol. The standard InChI is InChI=1S/C18H21N5O3S/c1-13-11-15(12-14(2)16(13)26-3)27(24,25)22-8-10-23-9-7-21-18(23)17-19-5-4-6-20-17/h4-7,9,11-12,22H,8,10H2,1-3H3. The van der Waals surface area contributed by atoms with Gasteiger partial charge in [-0.15, -0.1) is 0 Å². The number of benzene rings is 1. The van der Waals surface area contributed by atoms with Crippen molar-refractivity contribution in [2.45, 2.75) is 25.3 Å². The first-order valence-electron chi connectivity index (χ1n) is 8.36. The summed E-state index contributed by atoms with van der Waals surface area (Å²) in [6.45, 7) is 4.26. The van der Waals surface area contributed by atoms with Crippen LogP contribution in [-0.4, -0.2) is 41.6 Å². The molecule has 0 unspecified atom stereocenters. The zero-order valence-corrected chi connectivity index (χ0v) is 16.2. The molecule has 2 heterocycles. The predicted octanol–water partition coefficient (Wildman–Crippen LogP) is 1.94. The molecule has 0 fully saturated rings.